The summed E-state index contributed by atoms with van der Waals surface area (Å²) in [6.45, 7) is 4.35. The van der Waals surface area contributed by atoms with Crippen molar-refractivity contribution in [1.82, 2.24) is 29.8 Å². The van der Waals surface area contributed by atoms with Gasteiger partial charge in [-0.2, -0.15) is 9.61 Å². The highest BCUT2D eigenvalue weighted by atomic mass is 79.9. The Morgan fingerprint density at radius 1 is 1.28 bits per heavy atom. The van der Waals surface area contributed by atoms with Crippen LogP contribution >= 0.6 is 15.9 Å². The van der Waals surface area contributed by atoms with Crippen LogP contribution in [0.5, 0.6) is 0 Å². The van der Waals surface area contributed by atoms with E-state index in [4.69, 9.17) is 4.98 Å². The molecule has 1 saturated heterocycles. The van der Waals surface area contributed by atoms with Crippen LogP contribution in [0.2, 0.25) is 0 Å². The first-order valence-corrected chi connectivity index (χ1v) is 12.1. The molecule has 0 spiro atoms. The molecule has 0 radical (unpaired) electrons. The third-order valence-electron chi connectivity index (χ3n) is 6.60. The molecule has 0 unspecified atom stereocenters. The Kier molecular flexibility index (Phi) is 5.99. The number of fused-ring (bicyclic) bond motifs is 1. The average molecular weight is 498 g/mol. The van der Waals surface area contributed by atoms with E-state index >= 15 is 0 Å². The first kappa shape index (κ1) is 21.2. The summed E-state index contributed by atoms with van der Waals surface area (Å²) in [5.74, 6) is 1.88. The minimum absolute atomic E-state index is 0.0881. The van der Waals surface area contributed by atoms with Crippen molar-refractivity contribution in [3.8, 4) is 0 Å². The van der Waals surface area contributed by atoms with E-state index in [9.17, 15) is 4.79 Å². The van der Waals surface area contributed by atoms with E-state index in [-0.39, 0.29) is 6.03 Å². The minimum Gasteiger partial charge on any atom is -0.366 e. The zero-order valence-corrected chi connectivity index (χ0v) is 19.8. The van der Waals surface area contributed by atoms with Crippen LogP contribution in [0.1, 0.15) is 49.8 Å². The van der Waals surface area contributed by atoms with E-state index < -0.39 is 0 Å². The molecule has 0 aromatic carbocycles. The normalized spacial score (nSPS) is 21.0. The predicted molar refractivity (Wildman–Crippen MR) is 127 cm³/mol. The lowest BCUT2D eigenvalue weighted by molar-refractivity contribution is 0.180. The molecule has 5 rings (SSSR count). The van der Waals surface area contributed by atoms with Gasteiger partial charge >= 0.3 is 6.03 Å². The molecule has 1 aliphatic carbocycles. The monoisotopic (exact) mass is 497 g/mol. The number of pyridine rings is 1. The predicted octanol–water partition coefficient (Wildman–Crippen LogP) is 4.19. The molecule has 1 saturated carbocycles. The number of aromatic nitrogens is 4. The van der Waals surface area contributed by atoms with Crippen LogP contribution in [0.3, 0.4) is 0 Å². The van der Waals surface area contributed by atoms with Crippen molar-refractivity contribution >= 4 is 33.4 Å². The zero-order valence-electron chi connectivity index (χ0n) is 18.2. The second kappa shape index (κ2) is 9.05. The summed E-state index contributed by atoms with van der Waals surface area (Å²) in [7, 11) is 0. The summed E-state index contributed by atoms with van der Waals surface area (Å²) < 4.78 is 2.70. The highest BCUT2D eigenvalue weighted by molar-refractivity contribution is 9.10. The number of urea groups is 1. The lowest BCUT2D eigenvalue weighted by Crippen LogP contribution is -2.45. The van der Waals surface area contributed by atoms with Gasteiger partial charge in [-0.25, -0.2) is 9.78 Å². The molecule has 9 heteroatoms. The summed E-state index contributed by atoms with van der Waals surface area (Å²) in [6, 6.07) is 6.54. The van der Waals surface area contributed by atoms with Gasteiger partial charge < -0.3 is 15.5 Å². The summed E-state index contributed by atoms with van der Waals surface area (Å²) in [5, 5.41) is 11.1. The number of piperidine rings is 1. The van der Waals surface area contributed by atoms with Crippen molar-refractivity contribution in [1.29, 1.82) is 0 Å². The van der Waals surface area contributed by atoms with E-state index in [2.05, 4.69) is 49.6 Å². The first-order valence-electron chi connectivity index (χ1n) is 11.3. The van der Waals surface area contributed by atoms with Gasteiger partial charge in [0.15, 0.2) is 5.65 Å². The van der Waals surface area contributed by atoms with Gasteiger partial charge in [0, 0.05) is 55.7 Å². The molecular weight excluding hydrogens is 470 g/mol. The van der Waals surface area contributed by atoms with Gasteiger partial charge in [0.2, 0.25) is 0 Å². The number of rotatable bonds is 6. The molecule has 3 aromatic heterocycles. The van der Waals surface area contributed by atoms with Gasteiger partial charge in [0.25, 0.3) is 0 Å². The Hall–Kier alpha value is -2.68. The van der Waals surface area contributed by atoms with Crippen LogP contribution in [0.15, 0.2) is 41.3 Å². The lowest BCUT2D eigenvalue weighted by atomic mass is 9.93. The molecule has 0 bridgehead atoms. The third-order valence-corrected chi connectivity index (χ3v) is 7.16. The number of anilines is 1. The largest absolute Gasteiger partial charge is 0.366 e. The van der Waals surface area contributed by atoms with Crippen molar-refractivity contribution in [3.63, 3.8) is 0 Å². The topological polar surface area (TPSA) is 87.5 Å². The molecule has 2 amide bonds. The summed E-state index contributed by atoms with van der Waals surface area (Å²) in [5.41, 5.74) is 2.95. The standard InChI is InChI=1S/C23H28BrN7O/c1-2-16-10-19(16)29-23(32)30-8-5-17(6-9-30)20-11-21(26-13-15-4-3-7-25-12-15)31-22(28-20)18(24)14-27-31/h3-4,7,11-12,14,16-17,19,26H,2,5-6,8-10,13H2,1H3,(H,29,32)/t16-,19-/m1/s1. The SMILES string of the molecule is CC[C@@H]1C[C@H]1NC(=O)N1CCC(c2cc(NCc3cccnc3)n3ncc(Br)c3n2)CC1. The van der Waals surface area contributed by atoms with Crippen molar-refractivity contribution in [2.45, 2.75) is 51.1 Å². The summed E-state index contributed by atoms with van der Waals surface area (Å²) >= 11 is 3.58. The number of amides is 2. The number of carbonyl (C=O) groups is 1. The molecule has 3 aromatic rings. The maximum atomic E-state index is 12.6. The quantitative estimate of drug-likeness (QED) is 0.533. The number of likely N-dealkylation sites (tertiary alicyclic amines) is 1. The Labute approximate surface area is 195 Å². The Balaban J connectivity index is 1.28. The molecule has 168 valence electrons. The van der Waals surface area contributed by atoms with Gasteiger partial charge in [-0.3, -0.25) is 4.98 Å². The van der Waals surface area contributed by atoms with Crippen LogP contribution in [0.4, 0.5) is 10.6 Å². The van der Waals surface area contributed by atoms with E-state index in [1.807, 2.05) is 27.7 Å². The molecule has 2 atom stereocenters. The van der Waals surface area contributed by atoms with Crippen LogP contribution in [0, 0.1) is 5.92 Å². The van der Waals surface area contributed by atoms with Gasteiger partial charge in [-0.15, -0.1) is 0 Å². The summed E-state index contributed by atoms with van der Waals surface area (Å²) in [4.78, 5) is 23.6. The van der Waals surface area contributed by atoms with Gasteiger partial charge in [0.05, 0.1) is 10.7 Å². The molecule has 2 N–H and O–H groups in total. The van der Waals surface area contributed by atoms with Crippen LogP contribution < -0.4 is 10.6 Å². The van der Waals surface area contributed by atoms with E-state index in [1.165, 1.54) is 0 Å². The fraction of sp³-hybridized carbons (Fsp3) is 0.478. The highest BCUT2D eigenvalue weighted by Crippen LogP contribution is 2.34. The van der Waals surface area contributed by atoms with E-state index in [0.29, 0.717) is 24.4 Å². The fourth-order valence-electron chi connectivity index (χ4n) is 4.49. The minimum atomic E-state index is 0.0881. The second-order valence-electron chi connectivity index (χ2n) is 8.73. The lowest BCUT2D eigenvalue weighted by Gasteiger charge is -2.32. The van der Waals surface area contributed by atoms with Crippen molar-refractivity contribution in [3.05, 3.63) is 52.5 Å². The number of nitrogens with one attached hydrogen (secondary N) is 2. The van der Waals surface area contributed by atoms with Crippen LogP contribution in [-0.2, 0) is 6.54 Å². The van der Waals surface area contributed by atoms with Crippen molar-refractivity contribution in [2.24, 2.45) is 5.92 Å². The molecule has 2 aliphatic rings. The number of carbonyl (C=O) groups excluding carboxylic acids is 1. The summed E-state index contributed by atoms with van der Waals surface area (Å²) in [6.07, 6.45) is 9.49. The molecular formula is C23H28BrN7O. The zero-order chi connectivity index (χ0) is 22.1. The van der Waals surface area contributed by atoms with Gasteiger partial charge in [0.1, 0.15) is 5.82 Å². The molecule has 8 nitrogen and oxygen atoms in total. The van der Waals surface area contributed by atoms with Gasteiger partial charge in [-0.05, 0) is 52.7 Å². The average Bonchev–Trinajstić information content (AvgIpc) is 3.49. The smallest absolute Gasteiger partial charge is 0.317 e. The maximum absolute atomic E-state index is 12.6. The van der Waals surface area contributed by atoms with Crippen molar-refractivity contribution < 1.29 is 4.79 Å². The molecule has 4 heterocycles. The Morgan fingerprint density at radius 3 is 2.84 bits per heavy atom. The number of halogens is 1. The highest BCUT2D eigenvalue weighted by Gasteiger charge is 2.38. The fourth-order valence-corrected chi connectivity index (χ4v) is 4.84. The third kappa shape index (κ3) is 4.44. The first-order chi connectivity index (χ1) is 15.6. The van der Waals surface area contributed by atoms with Crippen molar-refractivity contribution in [2.75, 3.05) is 18.4 Å². The van der Waals surface area contributed by atoms with Crippen LogP contribution in [0.25, 0.3) is 5.65 Å². The van der Waals surface area contributed by atoms with Crippen LogP contribution in [-0.4, -0.2) is 49.6 Å². The number of hydrogen-bond donors (Lipinski definition) is 2. The maximum Gasteiger partial charge on any atom is 0.317 e. The second-order valence-corrected chi connectivity index (χ2v) is 9.58. The Bertz CT molecular complexity index is 1090. The van der Waals surface area contributed by atoms with E-state index in [1.54, 1.807) is 12.4 Å². The van der Waals surface area contributed by atoms with E-state index in [0.717, 1.165) is 66.0 Å². The molecule has 2 fully saturated rings. The van der Waals surface area contributed by atoms with Gasteiger partial charge in [-0.1, -0.05) is 19.4 Å². The molecule has 1 aliphatic heterocycles. The number of nitrogens with zero attached hydrogens (tertiary/aromatic N) is 5. The number of hydrogen-bond acceptors (Lipinski definition) is 5. The molecule has 32 heavy (non-hydrogen) atoms. The Morgan fingerprint density at radius 2 is 2.12 bits per heavy atom.